The first-order chi connectivity index (χ1) is 4.66. The first-order valence-corrected chi connectivity index (χ1v) is 3.12. The normalized spacial score (nSPS) is 10.0. The Morgan fingerprint density at radius 3 is 2.60 bits per heavy atom. The zero-order valence-corrected chi connectivity index (χ0v) is 6.16. The number of carbonyl (C=O) groups is 1. The molecule has 0 heterocycles. The van der Waals surface area contributed by atoms with Gasteiger partial charge in [0.25, 0.3) is 0 Å². The fraction of sp³-hybridized carbons (Fsp3) is 0.833. The lowest BCUT2D eigenvalue weighted by atomic mass is 10.4. The Bertz CT molecular complexity index is 99.9. The van der Waals surface area contributed by atoms with Gasteiger partial charge in [0, 0.05) is 0 Å². The minimum absolute atomic E-state index is 0.0919. The Morgan fingerprint density at radius 1 is 1.60 bits per heavy atom. The van der Waals surface area contributed by atoms with E-state index in [1.165, 1.54) is 0 Å². The van der Waals surface area contributed by atoms with Crippen LogP contribution in [0.5, 0.6) is 0 Å². The Hall–Kier alpha value is -0.610. The minimum atomic E-state index is -0.666. The summed E-state index contributed by atoms with van der Waals surface area (Å²) < 4.78 is 5.00. The molecule has 1 N–H and O–H groups in total. The SMILES string of the molecule is CC(C)OCCC(=O)OO. The highest BCUT2D eigenvalue weighted by Crippen LogP contribution is 1.91. The van der Waals surface area contributed by atoms with E-state index in [0.29, 0.717) is 0 Å². The van der Waals surface area contributed by atoms with Crippen molar-refractivity contribution in [3.8, 4) is 0 Å². The van der Waals surface area contributed by atoms with Gasteiger partial charge in [-0.05, 0) is 13.8 Å². The smallest absolute Gasteiger partial charge is 0.344 e. The molecule has 0 rings (SSSR count). The lowest BCUT2D eigenvalue weighted by Crippen LogP contribution is -2.09. The van der Waals surface area contributed by atoms with E-state index in [2.05, 4.69) is 4.89 Å². The monoisotopic (exact) mass is 148 g/mol. The molecule has 10 heavy (non-hydrogen) atoms. The standard InChI is InChI=1S/C6H12O4/c1-5(2)9-4-3-6(7)10-8/h5,8H,3-4H2,1-2H3. The largest absolute Gasteiger partial charge is 0.378 e. The zero-order valence-electron chi connectivity index (χ0n) is 6.16. The van der Waals surface area contributed by atoms with Gasteiger partial charge in [0.05, 0.1) is 19.1 Å². The Balaban J connectivity index is 3.12. The van der Waals surface area contributed by atoms with Crippen molar-refractivity contribution < 1.29 is 19.7 Å². The summed E-state index contributed by atoms with van der Waals surface area (Å²) in [5.41, 5.74) is 0. The average Bonchev–Trinajstić information content (AvgIpc) is 1.87. The molecular formula is C6H12O4. The summed E-state index contributed by atoms with van der Waals surface area (Å²) in [6.45, 7) is 4.02. The molecule has 0 fully saturated rings. The molecule has 0 amide bonds. The summed E-state index contributed by atoms with van der Waals surface area (Å²) >= 11 is 0. The summed E-state index contributed by atoms with van der Waals surface area (Å²) in [6.07, 6.45) is 0.195. The van der Waals surface area contributed by atoms with Crippen molar-refractivity contribution >= 4 is 5.97 Å². The van der Waals surface area contributed by atoms with Crippen LogP contribution >= 0.6 is 0 Å². The third-order valence-corrected chi connectivity index (χ3v) is 0.859. The van der Waals surface area contributed by atoms with E-state index in [1.54, 1.807) is 0 Å². The second-order valence-corrected chi connectivity index (χ2v) is 2.13. The average molecular weight is 148 g/mol. The predicted octanol–water partition coefficient (Wildman–Crippen LogP) is 0.818. The molecule has 0 aromatic carbocycles. The van der Waals surface area contributed by atoms with Crippen LogP contribution in [0.2, 0.25) is 0 Å². The third-order valence-electron chi connectivity index (χ3n) is 0.859. The topological polar surface area (TPSA) is 55.8 Å². The van der Waals surface area contributed by atoms with Crippen molar-refractivity contribution in [1.82, 2.24) is 0 Å². The van der Waals surface area contributed by atoms with Crippen molar-refractivity contribution in [2.45, 2.75) is 26.4 Å². The third kappa shape index (κ3) is 5.53. The molecule has 4 heteroatoms. The van der Waals surface area contributed by atoms with E-state index >= 15 is 0 Å². The Kier molecular flexibility index (Phi) is 4.88. The second-order valence-electron chi connectivity index (χ2n) is 2.13. The van der Waals surface area contributed by atoms with E-state index in [-0.39, 0.29) is 19.1 Å². The van der Waals surface area contributed by atoms with Gasteiger partial charge >= 0.3 is 5.97 Å². The number of ether oxygens (including phenoxy) is 1. The fourth-order valence-electron chi connectivity index (χ4n) is 0.424. The van der Waals surface area contributed by atoms with Gasteiger partial charge in [-0.1, -0.05) is 0 Å². The van der Waals surface area contributed by atoms with Gasteiger partial charge in [0.2, 0.25) is 0 Å². The molecule has 4 nitrogen and oxygen atoms in total. The van der Waals surface area contributed by atoms with Gasteiger partial charge in [0.1, 0.15) is 0 Å². The summed E-state index contributed by atoms with van der Waals surface area (Å²) in [4.78, 5) is 13.7. The van der Waals surface area contributed by atoms with Crippen LogP contribution in [-0.2, 0) is 14.4 Å². The molecule has 0 aromatic heterocycles. The summed E-state index contributed by atoms with van der Waals surface area (Å²) in [5.74, 6) is -0.666. The molecule has 60 valence electrons. The van der Waals surface area contributed by atoms with Gasteiger partial charge in [-0.3, -0.25) is 0 Å². The van der Waals surface area contributed by atoms with Crippen LogP contribution in [0.4, 0.5) is 0 Å². The molecule has 0 aromatic rings. The van der Waals surface area contributed by atoms with E-state index < -0.39 is 5.97 Å². The van der Waals surface area contributed by atoms with Gasteiger partial charge in [-0.25, -0.2) is 4.79 Å². The minimum Gasteiger partial charge on any atom is -0.378 e. The van der Waals surface area contributed by atoms with Crippen LogP contribution < -0.4 is 0 Å². The maximum Gasteiger partial charge on any atom is 0.344 e. The molecule has 0 aliphatic heterocycles. The van der Waals surface area contributed by atoms with Gasteiger partial charge in [-0.2, -0.15) is 5.26 Å². The molecule has 0 atom stereocenters. The molecule has 0 unspecified atom stereocenters. The Morgan fingerprint density at radius 2 is 2.20 bits per heavy atom. The number of hydrogen-bond donors (Lipinski definition) is 1. The molecule has 0 saturated heterocycles. The summed E-state index contributed by atoms with van der Waals surface area (Å²) in [5, 5.41) is 7.79. The van der Waals surface area contributed by atoms with Crippen LogP contribution in [0.15, 0.2) is 0 Å². The first-order valence-electron chi connectivity index (χ1n) is 3.12. The highest BCUT2D eigenvalue weighted by molar-refractivity contribution is 5.68. The van der Waals surface area contributed by atoms with Crippen LogP contribution in [0.3, 0.4) is 0 Å². The zero-order chi connectivity index (χ0) is 7.98. The highest BCUT2D eigenvalue weighted by atomic mass is 17.1. The quantitative estimate of drug-likeness (QED) is 0.473. The maximum absolute atomic E-state index is 10.2. The lowest BCUT2D eigenvalue weighted by Gasteiger charge is -2.04. The van der Waals surface area contributed by atoms with E-state index in [9.17, 15) is 4.79 Å². The Labute approximate surface area is 59.7 Å². The number of hydrogen-bond acceptors (Lipinski definition) is 4. The van der Waals surface area contributed by atoms with E-state index in [1.807, 2.05) is 13.8 Å². The number of rotatable bonds is 4. The van der Waals surface area contributed by atoms with Gasteiger partial charge in [-0.15, -0.1) is 0 Å². The summed E-state index contributed by atoms with van der Waals surface area (Å²) in [7, 11) is 0. The molecular weight excluding hydrogens is 136 g/mol. The highest BCUT2D eigenvalue weighted by Gasteiger charge is 2.01. The van der Waals surface area contributed by atoms with E-state index in [0.717, 1.165) is 0 Å². The van der Waals surface area contributed by atoms with Crippen molar-refractivity contribution in [1.29, 1.82) is 0 Å². The molecule has 0 saturated carbocycles. The lowest BCUT2D eigenvalue weighted by molar-refractivity contribution is -0.235. The second kappa shape index (κ2) is 5.20. The molecule has 0 aliphatic carbocycles. The van der Waals surface area contributed by atoms with Crippen molar-refractivity contribution in [2.24, 2.45) is 0 Å². The molecule has 0 aliphatic rings. The summed E-state index contributed by atoms with van der Waals surface area (Å²) in [6, 6.07) is 0. The fourth-order valence-corrected chi connectivity index (χ4v) is 0.424. The van der Waals surface area contributed by atoms with Crippen molar-refractivity contribution in [3.05, 3.63) is 0 Å². The first kappa shape index (κ1) is 9.39. The van der Waals surface area contributed by atoms with Crippen LogP contribution in [-0.4, -0.2) is 23.9 Å². The van der Waals surface area contributed by atoms with Crippen LogP contribution in [0, 0.1) is 0 Å². The van der Waals surface area contributed by atoms with Gasteiger partial charge in [0.15, 0.2) is 0 Å². The van der Waals surface area contributed by atoms with Crippen molar-refractivity contribution in [3.63, 3.8) is 0 Å². The van der Waals surface area contributed by atoms with Crippen molar-refractivity contribution in [2.75, 3.05) is 6.61 Å². The van der Waals surface area contributed by atoms with Crippen LogP contribution in [0.25, 0.3) is 0 Å². The predicted molar refractivity (Wildman–Crippen MR) is 34.4 cm³/mol. The van der Waals surface area contributed by atoms with Gasteiger partial charge < -0.3 is 9.62 Å². The molecule has 0 bridgehead atoms. The maximum atomic E-state index is 10.2. The number of carbonyl (C=O) groups excluding carboxylic acids is 1. The molecule has 0 radical (unpaired) electrons. The molecule has 0 spiro atoms. The van der Waals surface area contributed by atoms with E-state index in [4.69, 9.17) is 9.99 Å². The van der Waals surface area contributed by atoms with Crippen LogP contribution in [0.1, 0.15) is 20.3 Å².